The molecule has 2 aromatic heterocycles. The maximum absolute atomic E-state index is 11.9. The van der Waals surface area contributed by atoms with Crippen LogP contribution >= 0.6 is 11.3 Å². The van der Waals surface area contributed by atoms with E-state index >= 15 is 0 Å². The highest BCUT2D eigenvalue weighted by Gasteiger charge is 2.15. The highest BCUT2D eigenvalue weighted by Crippen LogP contribution is 2.24. The molecule has 5 heteroatoms. The van der Waals surface area contributed by atoms with E-state index in [-0.39, 0.29) is 5.97 Å². The second-order valence-corrected chi connectivity index (χ2v) is 6.21. The second kappa shape index (κ2) is 7.33. The molecule has 4 nitrogen and oxygen atoms in total. The van der Waals surface area contributed by atoms with Gasteiger partial charge in [0.05, 0.1) is 18.0 Å². The monoisotopic (exact) mass is 328 g/mol. The zero-order chi connectivity index (χ0) is 16.1. The standard InChI is InChI=1S/C18H20N2O2S/c1-2-22-18(21)12-14-13-6-3-4-7-15(13)20-16(14)9-10-19-17-8-5-11-23-17/h3-8,11,19-20H,2,9-10,12H2,1H3. The summed E-state index contributed by atoms with van der Waals surface area (Å²) in [6.45, 7) is 3.07. The highest BCUT2D eigenvalue weighted by molar-refractivity contribution is 7.14. The summed E-state index contributed by atoms with van der Waals surface area (Å²) >= 11 is 1.69. The normalized spacial score (nSPS) is 10.8. The molecule has 23 heavy (non-hydrogen) atoms. The molecule has 2 N–H and O–H groups in total. The van der Waals surface area contributed by atoms with E-state index in [0.717, 1.165) is 40.1 Å². The van der Waals surface area contributed by atoms with Gasteiger partial charge >= 0.3 is 5.97 Å². The number of para-hydroxylation sites is 1. The Bertz CT molecular complexity index is 778. The lowest BCUT2D eigenvalue weighted by Crippen LogP contribution is -2.10. The van der Waals surface area contributed by atoms with Crippen molar-refractivity contribution in [2.75, 3.05) is 18.5 Å². The van der Waals surface area contributed by atoms with Gasteiger partial charge in [-0.25, -0.2) is 0 Å². The van der Waals surface area contributed by atoms with Crippen molar-refractivity contribution >= 4 is 33.2 Å². The van der Waals surface area contributed by atoms with Crippen LogP contribution in [0, 0.1) is 0 Å². The SMILES string of the molecule is CCOC(=O)Cc1c(CCNc2cccs2)[nH]c2ccccc12. The Morgan fingerprint density at radius 3 is 2.91 bits per heavy atom. The lowest BCUT2D eigenvalue weighted by Gasteiger charge is -2.06. The number of H-pyrrole nitrogens is 1. The van der Waals surface area contributed by atoms with Crippen LogP contribution in [-0.4, -0.2) is 24.1 Å². The van der Waals surface area contributed by atoms with Gasteiger partial charge in [0.1, 0.15) is 0 Å². The molecule has 2 heterocycles. The Hall–Kier alpha value is -2.27. The first kappa shape index (κ1) is 15.6. The van der Waals surface area contributed by atoms with Crippen molar-refractivity contribution in [1.29, 1.82) is 0 Å². The number of fused-ring (bicyclic) bond motifs is 1. The van der Waals surface area contributed by atoms with Crippen LogP contribution in [0.4, 0.5) is 5.00 Å². The maximum atomic E-state index is 11.9. The van der Waals surface area contributed by atoms with Gasteiger partial charge in [0.25, 0.3) is 0 Å². The number of esters is 1. The number of carbonyl (C=O) groups is 1. The summed E-state index contributed by atoms with van der Waals surface area (Å²) < 4.78 is 5.12. The molecular formula is C18H20N2O2S. The molecule has 1 aromatic carbocycles. The molecule has 0 fully saturated rings. The number of thiophene rings is 1. The lowest BCUT2D eigenvalue weighted by atomic mass is 10.1. The number of aromatic amines is 1. The van der Waals surface area contributed by atoms with E-state index in [2.05, 4.69) is 27.8 Å². The van der Waals surface area contributed by atoms with Crippen LogP contribution in [0.15, 0.2) is 41.8 Å². The fourth-order valence-corrected chi connectivity index (χ4v) is 3.36. The maximum Gasteiger partial charge on any atom is 0.310 e. The quantitative estimate of drug-likeness (QED) is 0.645. The van der Waals surface area contributed by atoms with Crippen LogP contribution in [0.3, 0.4) is 0 Å². The number of ether oxygens (including phenoxy) is 1. The molecule has 0 saturated carbocycles. The van der Waals surface area contributed by atoms with Gasteiger partial charge in [-0.1, -0.05) is 18.2 Å². The molecule has 0 aliphatic carbocycles. The molecule has 0 aliphatic rings. The number of rotatable bonds is 7. The van der Waals surface area contributed by atoms with Crippen molar-refractivity contribution in [2.24, 2.45) is 0 Å². The Kier molecular flexibility index (Phi) is 4.98. The minimum Gasteiger partial charge on any atom is -0.466 e. The number of hydrogen-bond donors (Lipinski definition) is 2. The third-order valence-electron chi connectivity index (χ3n) is 3.72. The first-order valence-electron chi connectivity index (χ1n) is 7.79. The summed E-state index contributed by atoms with van der Waals surface area (Å²) in [4.78, 5) is 15.4. The molecule has 120 valence electrons. The topological polar surface area (TPSA) is 54.1 Å². The second-order valence-electron chi connectivity index (χ2n) is 5.26. The Balaban J connectivity index is 1.78. The minimum absolute atomic E-state index is 0.176. The van der Waals surface area contributed by atoms with Crippen LogP contribution < -0.4 is 5.32 Å². The van der Waals surface area contributed by atoms with Crippen molar-refractivity contribution in [1.82, 2.24) is 4.98 Å². The molecule has 3 aromatic rings. The van der Waals surface area contributed by atoms with Crippen LogP contribution in [0.1, 0.15) is 18.2 Å². The average molecular weight is 328 g/mol. The fourth-order valence-electron chi connectivity index (χ4n) is 2.72. The van der Waals surface area contributed by atoms with Gasteiger partial charge in [-0.3, -0.25) is 4.79 Å². The highest BCUT2D eigenvalue weighted by atomic mass is 32.1. The lowest BCUT2D eigenvalue weighted by molar-refractivity contribution is -0.142. The summed E-state index contributed by atoms with van der Waals surface area (Å²) in [6.07, 6.45) is 1.15. The van der Waals surface area contributed by atoms with Crippen molar-refractivity contribution in [2.45, 2.75) is 19.8 Å². The van der Waals surface area contributed by atoms with Gasteiger partial charge in [-0.15, -0.1) is 11.3 Å². The summed E-state index contributed by atoms with van der Waals surface area (Å²) in [5, 5.41) is 7.72. The largest absolute Gasteiger partial charge is 0.466 e. The van der Waals surface area contributed by atoms with Crippen LogP contribution in [0.2, 0.25) is 0 Å². The third kappa shape index (κ3) is 3.74. The van der Waals surface area contributed by atoms with E-state index in [1.807, 2.05) is 31.2 Å². The van der Waals surface area contributed by atoms with Crippen LogP contribution in [0.25, 0.3) is 10.9 Å². The number of anilines is 1. The first-order chi connectivity index (χ1) is 11.3. The molecule has 0 radical (unpaired) electrons. The van der Waals surface area contributed by atoms with Crippen molar-refractivity contribution in [3.8, 4) is 0 Å². The Morgan fingerprint density at radius 1 is 1.26 bits per heavy atom. The van der Waals surface area contributed by atoms with Gasteiger partial charge in [0.2, 0.25) is 0 Å². The summed E-state index contributed by atoms with van der Waals surface area (Å²) in [5.41, 5.74) is 3.22. The molecule has 0 bridgehead atoms. The van der Waals surface area contributed by atoms with Crippen molar-refractivity contribution in [3.05, 3.63) is 53.0 Å². The van der Waals surface area contributed by atoms with Crippen molar-refractivity contribution in [3.63, 3.8) is 0 Å². The molecule has 0 spiro atoms. The zero-order valence-electron chi connectivity index (χ0n) is 13.1. The molecule has 0 amide bonds. The van der Waals surface area contributed by atoms with E-state index in [9.17, 15) is 4.79 Å². The molecule has 3 rings (SSSR count). The fraction of sp³-hybridized carbons (Fsp3) is 0.278. The predicted molar refractivity (Wildman–Crippen MR) is 95.1 cm³/mol. The third-order valence-corrected chi connectivity index (χ3v) is 4.55. The van der Waals surface area contributed by atoms with E-state index < -0.39 is 0 Å². The van der Waals surface area contributed by atoms with Gasteiger partial charge in [0, 0.05) is 29.6 Å². The zero-order valence-corrected chi connectivity index (χ0v) is 13.9. The predicted octanol–water partition coefficient (Wildman–Crippen LogP) is 3.99. The smallest absolute Gasteiger partial charge is 0.310 e. The van der Waals surface area contributed by atoms with E-state index in [0.29, 0.717) is 13.0 Å². The Labute approximate surface area is 139 Å². The van der Waals surface area contributed by atoms with Crippen molar-refractivity contribution < 1.29 is 9.53 Å². The van der Waals surface area contributed by atoms with E-state index in [4.69, 9.17) is 4.74 Å². The number of aromatic nitrogens is 1. The van der Waals surface area contributed by atoms with E-state index in [1.54, 1.807) is 11.3 Å². The van der Waals surface area contributed by atoms with Gasteiger partial charge < -0.3 is 15.0 Å². The number of nitrogens with one attached hydrogen (secondary N) is 2. The summed E-state index contributed by atoms with van der Waals surface area (Å²) in [5.74, 6) is -0.176. The Morgan fingerprint density at radius 2 is 2.13 bits per heavy atom. The molecule has 0 saturated heterocycles. The average Bonchev–Trinajstić information content (AvgIpc) is 3.17. The summed E-state index contributed by atoms with van der Waals surface area (Å²) in [7, 11) is 0. The number of carbonyl (C=O) groups excluding carboxylic acids is 1. The number of hydrogen-bond acceptors (Lipinski definition) is 4. The molecular weight excluding hydrogens is 308 g/mol. The molecule has 0 atom stereocenters. The van der Waals surface area contributed by atoms with Gasteiger partial charge in [0.15, 0.2) is 0 Å². The first-order valence-corrected chi connectivity index (χ1v) is 8.67. The molecule has 0 aliphatic heterocycles. The van der Waals surface area contributed by atoms with Crippen LogP contribution in [-0.2, 0) is 22.4 Å². The van der Waals surface area contributed by atoms with E-state index in [1.165, 1.54) is 0 Å². The van der Waals surface area contributed by atoms with Gasteiger partial charge in [-0.05, 0) is 36.1 Å². The minimum atomic E-state index is -0.176. The molecule has 0 unspecified atom stereocenters. The number of benzene rings is 1. The van der Waals surface area contributed by atoms with Crippen LogP contribution in [0.5, 0.6) is 0 Å². The van der Waals surface area contributed by atoms with Gasteiger partial charge in [-0.2, -0.15) is 0 Å². The summed E-state index contributed by atoms with van der Waals surface area (Å²) in [6, 6.07) is 12.2.